The SMILES string of the molecule is Cc1ccc(NC(C(=O)O)P(=O)(c2ccccc2)c2ccccc2)cc1. The van der Waals surface area contributed by atoms with E-state index in [2.05, 4.69) is 5.32 Å². The van der Waals surface area contributed by atoms with Crippen molar-refractivity contribution in [2.24, 2.45) is 0 Å². The zero-order valence-electron chi connectivity index (χ0n) is 14.4. The molecule has 0 aliphatic heterocycles. The van der Waals surface area contributed by atoms with E-state index >= 15 is 0 Å². The Kier molecular flexibility index (Phi) is 5.24. The van der Waals surface area contributed by atoms with Crippen LogP contribution in [-0.4, -0.2) is 16.9 Å². The van der Waals surface area contributed by atoms with E-state index in [1.165, 1.54) is 0 Å². The molecule has 3 rings (SSSR count). The minimum absolute atomic E-state index is 0.512. The van der Waals surface area contributed by atoms with Gasteiger partial charge in [-0.15, -0.1) is 0 Å². The van der Waals surface area contributed by atoms with Gasteiger partial charge in [-0.3, -0.25) is 0 Å². The summed E-state index contributed by atoms with van der Waals surface area (Å²) in [5.41, 5.74) is 1.69. The molecule has 0 saturated carbocycles. The number of carboxylic acid groups (broad SMARTS) is 1. The van der Waals surface area contributed by atoms with Gasteiger partial charge in [-0.2, -0.15) is 0 Å². The maximum absolute atomic E-state index is 14.2. The third-order valence-electron chi connectivity index (χ3n) is 4.23. The Hall–Kier alpha value is -2.84. The second-order valence-corrected chi connectivity index (χ2v) is 8.95. The van der Waals surface area contributed by atoms with Gasteiger partial charge in [-0.25, -0.2) is 4.79 Å². The van der Waals surface area contributed by atoms with Gasteiger partial charge in [0.05, 0.1) is 0 Å². The molecule has 4 nitrogen and oxygen atoms in total. The summed E-state index contributed by atoms with van der Waals surface area (Å²) in [6.45, 7) is 1.96. The van der Waals surface area contributed by atoms with Crippen molar-refractivity contribution in [2.45, 2.75) is 12.7 Å². The van der Waals surface area contributed by atoms with Crippen LogP contribution in [0.1, 0.15) is 5.56 Å². The van der Waals surface area contributed by atoms with Gasteiger partial charge < -0.3 is 15.0 Å². The first kappa shape index (κ1) is 18.0. The van der Waals surface area contributed by atoms with Gasteiger partial charge >= 0.3 is 5.97 Å². The quantitative estimate of drug-likeness (QED) is 0.652. The van der Waals surface area contributed by atoms with E-state index < -0.39 is 18.9 Å². The monoisotopic (exact) mass is 365 g/mol. The Morgan fingerprint density at radius 2 is 1.31 bits per heavy atom. The summed E-state index contributed by atoms with van der Waals surface area (Å²) in [6.07, 6.45) is 0. The number of aliphatic carboxylic acids is 1. The third kappa shape index (κ3) is 3.56. The Morgan fingerprint density at radius 3 is 1.73 bits per heavy atom. The first-order valence-electron chi connectivity index (χ1n) is 8.29. The molecule has 0 aromatic heterocycles. The lowest BCUT2D eigenvalue weighted by molar-refractivity contribution is -0.136. The molecule has 3 aromatic carbocycles. The van der Waals surface area contributed by atoms with Crippen LogP contribution < -0.4 is 15.9 Å². The van der Waals surface area contributed by atoms with E-state index in [1.807, 2.05) is 31.2 Å². The molecule has 3 aromatic rings. The molecule has 1 atom stereocenters. The van der Waals surface area contributed by atoms with E-state index in [1.54, 1.807) is 60.7 Å². The topological polar surface area (TPSA) is 66.4 Å². The standard InChI is InChI=1S/C21H20NO3P/c1-16-12-14-17(15-13-16)22-20(21(23)24)26(25,18-8-4-2-5-9-18)19-10-6-3-7-11-19/h2-15,20,22H,1H3,(H,23,24). The maximum Gasteiger partial charge on any atom is 0.334 e. The lowest BCUT2D eigenvalue weighted by Gasteiger charge is -2.27. The van der Waals surface area contributed by atoms with Crippen LogP contribution in [0.15, 0.2) is 84.9 Å². The van der Waals surface area contributed by atoms with Crippen molar-refractivity contribution in [1.82, 2.24) is 0 Å². The fourth-order valence-electron chi connectivity index (χ4n) is 2.86. The fraction of sp³-hybridized carbons (Fsp3) is 0.0952. The van der Waals surface area contributed by atoms with Gasteiger partial charge in [0.1, 0.15) is 0 Å². The van der Waals surface area contributed by atoms with Crippen molar-refractivity contribution in [3.63, 3.8) is 0 Å². The lowest BCUT2D eigenvalue weighted by atomic mass is 10.2. The molecule has 0 aliphatic rings. The highest BCUT2D eigenvalue weighted by Crippen LogP contribution is 2.48. The number of hydrogen-bond acceptors (Lipinski definition) is 3. The number of benzene rings is 3. The molecule has 0 amide bonds. The second kappa shape index (κ2) is 7.59. The Morgan fingerprint density at radius 1 is 0.846 bits per heavy atom. The molecule has 0 fully saturated rings. The Bertz CT molecular complexity index is 881. The predicted octanol–water partition coefficient (Wildman–Crippen LogP) is 3.83. The number of carboxylic acids is 1. The second-order valence-electron chi connectivity index (χ2n) is 6.08. The molecule has 0 aliphatic carbocycles. The predicted molar refractivity (Wildman–Crippen MR) is 106 cm³/mol. The van der Waals surface area contributed by atoms with Crippen LogP contribution in [0.25, 0.3) is 0 Å². The first-order chi connectivity index (χ1) is 12.5. The first-order valence-corrected chi connectivity index (χ1v) is 10.1. The Balaban J connectivity index is 2.13. The van der Waals surface area contributed by atoms with Crippen LogP contribution in [-0.2, 0) is 9.36 Å². The summed E-state index contributed by atoms with van der Waals surface area (Å²) in [6, 6.07) is 25.0. The van der Waals surface area contributed by atoms with Crippen molar-refractivity contribution in [3.8, 4) is 0 Å². The highest BCUT2D eigenvalue weighted by Gasteiger charge is 2.41. The zero-order valence-corrected chi connectivity index (χ0v) is 15.3. The molecule has 132 valence electrons. The summed E-state index contributed by atoms with van der Waals surface area (Å²) >= 11 is 0. The van der Waals surface area contributed by atoms with Gasteiger partial charge in [0.25, 0.3) is 0 Å². The summed E-state index contributed by atoms with van der Waals surface area (Å²) in [7, 11) is -3.48. The van der Waals surface area contributed by atoms with E-state index in [4.69, 9.17) is 0 Å². The lowest BCUT2D eigenvalue weighted by Crippen LogP contribution is -2.37. The average Bonchev–Trinajstić information content (AvgIpc) is 2.68. The summed E-state index contributed by atoms with van der Waals surface area (Å²) < 4.78 is 14.2. The molecule has 5 heteroatoms. The third-order valence-corrected chi connectivity index (χ3v) is 7.44. The van der Waals surface area contributed by atoms with E-state index in [0.717, 1.165) is 5.56 Å². The number of aryl methyl sites for hydroxylation is 1. The van der Waals surface area contributed by atoms with E-state index in [-0.39, 0.29) is 0 Å². The molecular formula is C21H20NO3P. The molecule has 0 bridgehead atoms. The molecule has 26 heavy (non-hydrogen) atoms. The van der Waals surface area contributed by atoms with Crippen molar-refractivity contribution in [1.29, 1.82) is 0 Å². The van der Waals surface area contributed by atoms with Crippen molar-refractivity contribution in [3.05, 3.63) is 90.5 Å². The molecule has 0 spiro atoms. The van der Waals surface area contributed by atoms with Crippen molar-refractivity contribution >= 4 is 29.4 Å². The van der Waals surface area contributed by atoms with Crippen molar-refractivity contribution < 1.29 is 14.5 Å². The molecular weight excluding hydrogens is 345 g/mol. The number of anilines is 1. The smallest absolute Gasteiger partial charge is 0.334 e. The summed E-state index contributed by atoms with van der Waals surface area (Å²) in [5.74, 6) is -2.42. The van der Waals surface area contributed by atoms with Crippen LogP contribution in [0, 0.1) is 6.92 Å². The van der Waals surface area contributed by atoms with Gasteiger partial charge in [0, 0.05) is 16.3 Å². The van der Waals surface area contributed by atoms with Crippen LogP contribution >= 0.6 is 7.14 Å². The van der Waals surface area contributed by atoms with Crippen LogP contribution in [0.3, 0.4) is 0 Å². The highest BCUT2D eigenvalue weighted by molar-refractivity contribution is 7.80. The fourth-order valence-corrected chi connectivity index (χ4v) is 5.63. The largest absolute Gasteiger partial charge is 0.479 e. The van der Waals surface area contributed by atoms with Crippen LogP contribution in [0.5, 0.6) is 0 Å². The van der Waals surface area contributed by atoms with Gasteiger partial charge in [-0.1, -0.05) is 78.4 Å². The molecule has 0 radical (unpaired) electrons. The van der Waals surface area contributed by atoms with Crippen LogP contribution in [0.4, 0.5) is 5.69 Å². The van der Waals surface area contributed by atoms with Gasteiger partial charge in [0.15, 0.2) is 12.9 Å². The normalized spacial score (nSPS) is 12.3. The van der Waals surface area contributed by atoms with Crippen molar-refractivity contribution in [2.75, 3.05) is 5.32 Å². The minimum atomic E-state index is -3.48. The minimum Gasteiger partial charge on any atom is -0.479 e. The van der Waals surface area contributed by atoms with Gasteiger partial charge in [0.2, 0.25) is 0 Å². The van der Waals surface area contributed by atoms with Gasteiger partial charge in [-0.05, 0) is 19.1 Å². The maximum atomic E-state index is 14.2. The number of rotatable bonds is 6. The molecule has 0 saturated heterocycles. The highest BCUT2D eigenvalue weighted by atomic mass is 31.2. The van der Waals surface area contributed by atoms with Crippen LogP contribution in [0.2, 0.25) is 0 Å². The average molecular weight is 365 g/mol. The summed E-state index contributed by atoms with van der Waals surface area (Å²) in [4.78, 5) is 12.1. The summed E-state index contributed by atoms with van der Waals surface area (Å²) in [5, 5.41) is 13.9. The number of nitrogens with one attached hydrogen (secondary N) is 1. The zero-order chi connectivity index (χ0) is 18.6. The molecule has 1 unspecified atom stereocenters. The molecule has 0 heterocycles. The molecule has 2 N–H and O–H groups in total. The Labute approximate surface area is 152 Å². The van der Waals surface area contributed by atoms with E-state index in [0.29, 0.717) is 16.3 Å². The number of carbonyl (C=O) groups is 1. The van der Waals surface area contributed by atoms with E-state index in [9.17, 15) is 14.5 Å². The number of hydrogen-bond donors (Lipinski definition) is 2.